The minimum absolute atomic E-state index is 0.0377. The number of likely N-dealkylation sites (tertiary alicyclic amines) is 1. The molecule has 0 aromatic carbocycles. The first-order valence-corrected chi connectivity index (χ1v) is 7.00. The lowest BCUT2D eigenvalue weighted by atomic mass is 9.94. The van der Waals surface area contributed by atoms with Gasteiger partial charge in [0, 0.05) is 26.1 Å². The van der Waals surface area contributed by atoms with E-state index in [4.69, 9.17) is 9.84 Å². The van der Waals surface area contributed by atoms with Crippen molar-refractivity contribution in [1.29, 1.82) is 0 Å². The van der Waals surface area contributed by atoms with Crippen molar-refractivity contribution in [3.8, 4) is 0 Å². The third kappa shape index (κ3) is 4.38. The molecule has 0 saturated carbocycles. The summed E-state index contributed by atoms with van der Waals surface area (Å²) in [6.07, 6.45) is 3.74. The maximum Gasteiger partial charge on any atom is 0.317 e. The Kier molecular flexibility index (Phi) is 5.01. The zero-order chi connectivity index (χ0) is 13.7. The molecular weight excluding hydrogens is 248 g/mol. The first-order valence-electron chi connectivity index (χ1n) is 7.00. The molecule has 19 heavy (non-hydrogen) atoms. The van der Waals surface area contributed by atoms with Crippen LogP contribution in [0.3, 0.4) is 0 Å². The van der Waals surface area contributed by atoms with Crippen LogP contribution in [-0.2, 0) is 9.53 Å². The van der Waals surface area contributed by atoms with E-state index in [1.54, 1.807) is 4.90 Å². The molecular formula is C13H22N2O4. The van der Waals surface area contributed by atoms with Crippen molar-refractivity contribution in [2.75, 3.05) is 26.3 Å². The fourth-order valence-electron chi connectivity index (χ4n) is 2.71. The van der Waals surface area contributed by atoms with Crippen LogP contribution in [0.4, 0.5) is 4.79 Å². The van der Waals surface area contributed by atoms with Crippen molar-refractivity contribution in [3.63, 3.8) is 0 Å². The molecule has 6 heteroatoms. The number of amides is 2. The van der Waals surface area contributed by atoms with Gasteiger partial charge in [-0.05, 0) is 31.6 Å². The quantitative estimate of drug-likeness (QED) is 0.803. The van der Waals surface area contributed by atoms with Gasteiger partial charge in [-0.1, -0.05) is 0 Å². The fourth-order valence-corrected chi connectivity index (χ4v) is 2.71. The molecule has 0 aromatic rings. The van der Waals surface area contributed by atoms with Crippen molar-refractivity contribution < 1.29 is 19.4 Å². The van der Waals surface area contributed by atoms with Crippen LogP contribution < -0.4 is 5.32 Å². The van der Waals surface area contributed by atoms with Gasteiger partial charge in [-0.15, -0.1) is 0 Å². The van der Waals surface area contributed by atoms with E-state index in [1.165, 1.54) is 0 Å². The van der Waals surface area contributed by atoms with Crippen LogP contribution in [0.15, 0.2) is 0 Å². The van der Waals surface area contributed by atoms with Gasteiger partial charge in [0.15, 0.2) is 0 Å². The molecule has 6 nitrogen and oxygen atoms in total. The van der Waals surface area contributed by atoms with Gasteiger partial charge in [-0.3, -0.25) is 4.79 Å². The number of nitrogens with one attached hydrogen (secondary N) is 1. The van der Waals surface area contributed by atoms with Crippen LogP contribution in [0.25, 0.3) is 0 Å². The molecule has 2 N–H and O–H groups in total. The van der Waals surface area contributed by atoms with Gasteiger partial charge in [0.05, 0.1) is 12.6 Å². The summed E-state index contributed by atoms with van der Waals surface area (Å²) >= 11 is 0. The van der Waals surface area contributed by atoms with Crippen LogP contribution in [0, 0.1) is 5.92 Å². The molecule has 2 aliphatic rings. The first kappa shape index (κ1) is 14.1. The standard InChI is InChI=1S/C13H22N2O4/c16-12(17)8-10-3-5-15(6-4-10)13(18)14-11-2-1-7-19-9-11/h10-11H,1-9H2,(H,14,18)(H,16,17). The van der Waals surface area contributed by atoms with E-state index >= 15 is 0 Å². The number of aliphatic carboxylic acids is 1. The molecule has 2 saturated heterocycles. The minimum atomic E-state index is -0.748. The average Bonchev–Trinajstić information content (AvgIpc) is 2.40. The fraction of sp³-hybridized carbons (Fsp3) is 0.846. The third-order valence-corrected chi connectivity index (χ3v) is 3.85. The topological polar surface area (TPSA) is 78.9 Å². The normalized spacial score (nSPS) is 25.1. The molecule has 0 aromatic heterocycles. The van der Waals surface area contributed by atoms with E-state index < -0.39 is 5.97 Å². The second-order valence-corrected chi connectivity index (χ2v) is 5.39. The van der Waals surface area contributed by atoms with Gasteiger partial charge in [-0.2, -0.15) is 0 Å². The van der Waals surface area contributed by atoms with Crippen molar-refractivity contribution >= 4 is 12.0 Å². The molecule has 108 valence electrons. The second kappa shape index (κ2) is 6.75. The summed E-state index contributed by atoms with van der Waals surface area (Å²) < 4.78 is 5.33. The predicted octanol–water partition coefficient (Wildman–Crippen LogP) is 1.06. The number of carboxylic acid groups (broad SMARTS) is 1. The van der Waals surface area contributed by atoms with Crippen molar-refractivity contribution in [3.05, 3.63) is 0 Å². The number of hydrogen-bond donors (Lipinski definition) is 2. The van der Waals surface area contributed by atoms with Crippen LogP contribution >= 0.6 is 0 Å². The number of piperidine rings is 1. The Morgan fingerprint density at radius 3 is 2.58 bits per heavy atom. The molecule has 2 fully saturated rings. The highest BCUT2D eigenvalue weighted by atomic mass is 16.5. The largest absolute Gasteiger partial charge is 0.481 e. The van der Waals surface area contributed by atoms with Crippen molar-refractivity contribution in [2.24, 2.45) is 5.92 Å². The SMILES string of the molecule is O=C(O)CC1CCN(C(=O)NC2CCCOC2)CC1. The van der Waals surface area contributed by atoms with Gasteiger partial charge in [0.25, 0.3) is 0 Å². The Balaban J connectivity index is 1.71. The number of ether oxygens (including phenoxy) is 1. The number of urea groups is 1. The van der Waals surface area contributed by atoms with Gasteiger partial charge in [0.2, 0.25) is 0 Å². The molecule has 0 spiro atoms. The Bertz CT molecular complexity index is 321. The monoisotopic (exact) mass is 270 g/mol. The molecule has 2 rings (SSSR count). The van der Waals surface area contributed by atoms with Crippen LogP contribution in [-0.4, -0.2) is 54.4 Å². The van der Waals surface area contributed by atoms with Crippen molar-refractivity contribution in [2.45, 2.75) is 38.1 Å². The molecule has 1 unspecified atom stereocenters. The van der Waals surface area contributed by atoms with E-state index in [0.717, 1.165) is 32.3 Å². The summed E-state index contributed by atoms with van der Waals surface area (Å²) in [7, 11) is 0. The van der Waals surface area contributed by atoms with Gasteiger partial charge >= 0.3 is 12.0 Å². The highest BCUT2D eigenvalue weighted by Crippen LogP contribution is 2.20. The number of carbonyl (C=O) groups excluding carboxylic acids is 1. The van der Waals surface area contributed by atoms with E-state index in [9.17, 15) is 9.59 Å². The van der Waals surface area contributed by atoms with E-state index in [0.29, 0.717) is 19.7 Å². The molecule has 0 bridgehead atoms. The summed E-state index contributed by atoms with van der Waals surface area (Å²) in [4.78, 5) is 24.5. The van der Waals surface area contributed by atoms with Crippen LogP contribution in [0.2, 0.25) is 0 Å². The Labute approximate surface area is 113 Å². The van der Waals surface area contributed by atoms with Crippen LogP contribution in [0.1, 0.15) is 32.1 Å². The Hall–Kier alpha value is -1.30. The molecule has 0 aliphatic carbocycles. The van der Waals surface area contributed by atoms with E-state index in [1.807, 2.05) is 0 Å². The number of carboxylic acids is 1. The maximum absolute atomic E-state index is 12.0. The molecule has 0 radical (unpaired) electrons. The zero-order valence-corrected chi connectivity index (χ0v) is 11.1. The maximum atomic E-state index is 12.0. The molecule has 2 amide bonds. The highest BCUT2D eigenvalue weighted by Gasteiger charge is 2.26. The van der Waals surface area contributed by atoms with Gasteiger partial charge < -0.3 is 20.1 Å². The first-order chi connectivity index (χ1) is 9.15. The number of carbonyl (C=O) groups is 2. The third-order valence-electron chi connectivity index (χ3n) is 3.85. The lowest BCUT2D eigenvalue weighted by molar-refractivity contribution is -0.138. The smallest absolute Gasteiger partial charge is 0.317 e. The molecule has 2 heterocycles. The van der Waals surface area contributed by atoms with E-state index in [2.05, 4.69) is 5.32 Å². The molecule has 1 atom stereocenters. The van der Waals surface area contributed by atoms with Gasteiger partial charge in [0.1, 0.15) is 0 Å². The summed E-state index contributed by atoms with van der Waals surface area (Å²) in [5.41, 5.74) is 0. The summed E-state index contributed by atoms with van der Waals surface area (Å²) in [6, 6.07) is 0.0854. The molecule has 2 aliphatic heterocycles. The second-order valence-electron chi connectivity index (χ2n) is 5.39. The number of rotatable bonds is 3. The minimum Gasteiger partial charge on any atom is -0.481 e. The average molecular weight is 270 g/mol. The summed E-state index contributed by atoms with van der Waals surface area (Å²) in [5.74, 6) is -0.540. The Morgan fingerprint density at radius 1 is 1.26 bits per heavy atom. The number of hydrogen-bond acceptors (Lipinski definition) is 3. The summed E-state index contributed by atoms with van der Waals surface area (Å²) in [6.45, 7) is 2.68. The lowest BCUT2D eigenvalue weighted by Crippen LogP contribution is -2.50. The van der Waals surface area contributed by atoms with Crippen molar-refractivity contribution in [1.82, 2.24) is 10.2 Å². The summed E-state index contributed by atoms with van der Waals surface area (Å²) in [5, 5.41) is 11.7. The van der Waals surface area contributed by atoms with E-state index in [-0.39, 0.29) is 24.4 Å². The lowest BCUT2D eigenvalue weighted by Gasteiger charge is -2.33. The number of nitrogens with zero attached hydrogens (tertiary/aromatic N) is 1. The Morgan fingerprint density at radius 2 is 2.00 bits per heavy atom. The predicted molar refractivity (Wildman–Crippen MR) is 68.9 cm³/mol. The van der Waals surface area contributed by atoms with Crippen LogP contribution in [0.5, 0.6) is 0 Å². The van der Waals surface area contributed by atoms with Gasteiger partial charge in [-0.25, -0.2) is 4.79 Å². The highest BCUT2D eigenvalue weighted by molar-refractivity contribution is 5.74. The zero-order valence-electron chi connectivity index (χ0n) is 11.1.